The molecule has 0 atom stereocenters. The first-order chi connectivity index (χ1) is 7.81. The third kappa shape index (κ3) is 11.3. The predicted molar refractivity (Wildman–Crippen MR) is 70.4 cm³/mol. The fourth-order valence-corrected chi connectivity index (χ4v) is 1.67. The Morgan fingerprint density at radius 1 is 1.00 bits per heavy atom. The van der Waals surface area contributed by atoms with Crippen LogP contribution in [0.15, 0.2) is 12.2 Å². The average molecular weight is 225 g/mol. The number of unbranched alkanes of at least 4 members (excludes halogenated alkanes) is 8. The lowest BCUT2D eigenvalue weighted by molar-refractivity contribution is -0.116. The molecule has 0 aromatic carbocycles. The maximum atomic E-state index is 10.8. The number of amides is 1. The predicted octanol–water partition coefficient (Wildman–Crippen LogP) is 3.82. The van der Waals surface area contributed by atoms with Gasteiger partial charge < -0.3 is 5.32 Å². The Morgan fingerprint density at radius 3 is 2.12 bits per heavy atom. The standard InChI is InChI=1S/C14H27NO/c1-3-4-5-6-7-8-9-10-11-12-13-14(16)15-2/h12-13H,3-11H2,1-2H3,(H,15,16)/b13-12+. The molecule has 0 aromatic heterocycles. The van der Waals surface area contributed by atoms with Crippen molar-refractivity contribution in [2.24, 2.45) is 0 Å². The van der Waals surface area contributed by atoms with Gasteiger partial charge in [-0.2, -0.15) is 0 Å². The van der Waals surface area contributed by atoms with Gasteiger partial charge in [-0.25, -0.2) is 0 Å². The summed E-state index contributed by atoms with van der Waals surface area (Å²) < 4.78 is 0. The highest BCUT2D eigenvalue weighted by Gasteiger charge is 1.91. The van der Waals surface area contributed by atoms with E-state index in [-0.39, 0.29) is 5.91 Å². The van der Waals surface area contributed by atoms with Gasteiger partial charge in [0.2, 0.25) is 5.91 Å². The number of nitrogens with one attached hydrogen (secondary N) is 1. The summed E-state index contributed by atoms with van der Waals surface area (Å²) in [5.41, 5.74) is 0. The van der Waals surface area contributed by atoms with Gasteiger partial charge >= 0.3 is 0 Å². The molecular formula is C14H27NO. The van der Waals surface area contributed by atoms with Gasteiger partial charge in [-0.05, 0) is 18.9 Å². The number of likely N-dealkylation sites (N-methyl/N-ethyl adjacent to an activating group) is 1. The molecular weight excluding hydrogens is 198 g/mol. The van der Waals surface area contributed by atoms with Crippen LogP contribution < -0.4 is 5.32 Å². The molecule has 0 radical (unpaired) electrons. The normalized spacial score (nSPS) is 10.9. The number of hydrogen-bond donors (Lipinski definition) is 1. The second-order valence-corrected chi connectivity index (χ2v) is 4.28. The minimum Gasteiger partial charge on any atom is -0.356 e. The SMILES string of the molecule is CCCCCCCCCC/C=C/C(=O)NC. The molecule has 1 amide bonds. The lowest BCUT2D eigenvalue weighted by Gasteiger charge is -1.99. The van der Waals surface area contributed by atoms with Gasteiger partial charge in [0.05, 0.1) is 0 Å². The van der Waals surface area contributed by atoms with E-state index in [0.717, 1.165) is 6.42 Å². The van der Waals surface area contributed by atoms with E-state index in [2.05, 4.69) is 12.2 Å². The van der Waals surface area contributed by atoms with Gasteiger partial charge in [0.15, 0.2) is 0 Å². The zero-order valence-electron chi connectivity index (χ0n) is 10.9. The van der Waals surface area contributed by atoms with Crippen LogP contribution in [0.25, 0.3) is 0 Å². The molecule has 2 nitrogen and oxygen atoms in total. The quantitative estimate of drug-likeness (QED) is 0.444. The summed E-state index contributed by atoms with van der Waals surface area (Å²) in [6.45, 7) is 2.25. The van der Waals surface area contributed by atoms with Gasteiger partial charge in [0, 0.05) is 7.05 Å². The molecule has 0 saturated heterocycles. The monoisotopic (exact) mass is 225 g/mol. The van der Waals surface area contributed by atoms with Gasteiger partial charge in [0.25, 0.3) is 0 Å². The summed E-state index contributed by atoms with van der Waals surface area (Å²) in [5, 5.41) is 2.57. The second kappa shape index (κ2) is 12.3. The minimum atomic E-state index is -0.000402. The molecule has 16 heavy (non-hydrogen) atoms. The molecule has 0 heterocycles. The molecule has 1 N–H and O–H groups in total. The molecule has 0 aliphatic heterocycles. The van der Waals surface area contributed by atoms with Crippen LogP contribution in [0.2, 0.25) is 0 Å². The van der Waals surface area contributed by atoms with E-state index >= 15 is 0 Å². The summed E-state index contributed by atoms with van der Waals surface area (Å²) in [4.78, 5) is 10.8. The van der Waals surface area contributed by atoms with Crippen molar-refractivity contribution in [1.82, 2.24) is 5.32 Å². The van der Waals surface area contributed by atoms with Crippen LogP contribution in [0, 0.1) is 0 Å². The zero-order valence-corrected chi connectivity index (χ0v) is 10.9. The molecule has 0 aromatic rings. The van der Waals surface area contributed by atoms with Gasteiger partial charge in [0.1, 0.15) is 0 Å². The molecule has 0 unspecified atom stereocenters. The van der Waals surface area contributed by atoms with Crippen LogP contribution in [0.4, 0.5) is 0 Å². The van der Waals surface area contributed by atoms with Crippen molar-refractivity contribution in [3.8, 4) is 0 Å². The summed E-state index contributed by atoms with van der Waals surface area (Å²) in [6, 6.07) is 0. The Morgan fingerprint density at radius 2 is 1.56 bits per heavy atom. The number of rotatable bonds is 10. The van der Waals surface area contributed by atoms with Crippen molar-refractivity contribution < 1.29 is 4.79 Å². The zero-order chi connectivity index (χ0) is 12.1. The summed E-state index contributed by atoms with van der Waals surface area (Å²) in [5.74, 6) is -0.000402. The number of allylic oxidation sites excluding steroid dienone is 1. The number of hydrogen-bond acceptors (Lipinski definition) is 1. The van der Waals surface area contributed by atoms with E-state index in [1.54, 1.807) is 13.1 Å². The Hall–Kier alpha value is -0.790. The smallest absolute Gasteiger partial charge is 0.243 e. The Balaban J connectivity index is 3.09. The minimum absolute atomic E-state index is 0.000402. The first-order valence-corrected chi connectivity index (χ1v) is 6.69. The fraction of sp³-hybridized carbons (Fsp3) is 0.786. The number of carbonyl (C=O) groups excluding carboxylic acids is 1. The molecule has 0 aliphatic carbocycles. The van der Waals surface area contributed by atoms with Crippen molar-refractivity contribution in [2.75, 3.05) is 7.05 Å². The lowest BCUT2D eigenvalue weighted by Crippen LogP contribution is -2.13. The van der Waals surface area contributed by atoms with Crippen molar-refractivity contribution in [2.45, 2.75) is 64.7 Å². The molecule has 0 bridgehead atoms. The van der Waals surface area contributed by atoms with Crippen LogP contribution >= 0.6 is 0 Å². The van der Waals surface area contributed by atoms with Crippen LogP contribution in [0.1, 0.15) is 64.7 Å². The first-order valence-electron chi connectivity index (χ1n) is 6.69. The maximum Gasteiger partial charge on any atom is 0.243 e. The largest absolute Gasteiger partial charge is 0.356 e. The van der Waals surface area contributed by atoms with E-state index in [1.807, 2.05) is 6.08 Å². The molecule has 0 fully saturated rings. The van der Waals surface area contributed by atoms with Crippen LogP contribution in [0.3, 0.4) is 0 Å². The maximum absolute atomic E-state index is 10.8. The molecule has 0 spiro atoms. The van der Waals surface area contributed by atoms with Gasteiger partial charge in [-0.15, -0.1) is 0 Å². The molecule has 0 saturated carbocycles. The highest BCUT2D eigenvalue weighted by atomic mass is 16.1. The molecule has 0 aliphatic rings. The Bertz CT molecular complexity index is 187. The average Bonchev–Trinajstić information content (AvgIpc) is 2.31. The van der Waals surface area contributed by atoms with E-state index < -0.39 is 0 Å². The van der Waals surface area contributed by atoms with Crippen molar-refractivity contribution in [3.05, 3.63) is 12.2 Å². The van der Waals surface area contributed by atoms with Crippen molar-refractivity contribution >= 4 is 5.91 Å². The van der Waals surface area contributed by atoms with Gasteiger partial charge in [-0.1, -0.05) is 57.9 Å². The summed E-state index contributed by atoms with van der Waals surface area (Å²) in [7, 11) is 1.66. The summed E-state index contributed by atoms with van der Waals surface area (Å²) >= 11 is 0. The second-order valence-electron chi connectivity index (χ2n) is 4.28. The summed E-state index contributed by atoms with van der Waals surface area (Å²) in [6.07, 6.45) is 15.3. The van der Waals surface area contributed by atoms with Crippen LogP contribution in [0.5, 0.6) is 0 Å². The van der Waals surface area contributed by atoms with E-state index in [9.17, 15) is 4.79 Å². The van der Waals surface area contributed by atoms with Crippen molar-refractivity contribution in [1.29, 1.82) is 0 Å². The van der Waals surface area contributed by atoms with E-state index in [4.69, 9.17) is 0 Å². The van der Waals surface area contributed by atoms with Gasteiger partial charge in [-0.3, -0.25) is 4.79 Å². The topological polar surface area (TPSA) is 29.1 Å². The Kier molecular flexibility index (Phi) is 11.7. The molecule has 2 heteroatoms. The third-order valence-electron chi connectivity index (χ3n) is 2.74. The first kappa shape index (κ1) is 15.2. The molecule has 0 rings (SSSR count). The Labute approximate surface area is 101 Å². The highest BCUT2D eigenvalue weighted by Crippen LogP contribution is 2.09. The fourth-order valence-electron chi connectivity index (χ4n) is 1.67. The van der Waals surface area contributed by atoms with E-state index in [0.29, 0.717) is 0 Å². The number of carbonyl (C=O) groups is 1. The van der Waals surface area contributed by atoms with E-state index in [1.165, 1.54) is 51.4 Å². The lowest BCUT2D eigenvalue weighted by atomic mass is 10.1. The third-order valence-corrected chi connectivity index (χ3v) is 2.74. The van der Waals surface area contributed by atoms with Crippen LogP contribution in [-0.4, -0.2) is 13.0 Å². The molecule has 94 valence electrons. The van der Waals surface area contributed by atoms with Crippen molar-refractivity contribution in [3.63, 3.8) is 0 Å². The van der Waals surface area contributed by atoms with Crippen LogP contribution in [-0.2, 0) is 4.79 Å². The highest BCUT2D eigenvalue weighted by molar-refractivity contribution is 5.87.